The van der Waals surface area contributed by atoms with Gasteiger partial charge in [0, 0.05) is 23.9 Å². The zero-order valence-electron chi connectivity index (χ0n) is 15.0. The largest absolute Gasteiger partial charge is 0.492 e. The maximum Gasteiger partial charge on any atom is 0.259 e. The summed E-state index contributed by atoms with van der Waals surface area (Å²) >= 11 is 0. The first-order valence-electron chi connectivity index (χ1n) is 8.27. The van der Waals surface area contributed by atoms with Crippen LogP contribution in [0.3, 0.4) is 0 Å². The third-order valence-electron chi connectivity index (χ3n) is 3.80. The van der Waals surface area contributed by atoms with Crippen LogP contribution in [-0.2, 0) is 12.0 Å². The highest BCUT2D eigenvalue weighted by atomic mass is 16.5. The van der Waals surface area contributed by atoms with E-state index in [4.69, 9.17) is 14.0 Å². The Morgan fingerprint density at radius 3 is 2.44 bits per heavy atom. The van der Waals surface area contributed by atoms with Crippen molar-refractivity contribution in [2.75, 3.05) is 6.61 Å². The monoisotopic (exact) mass is 341 g/mol. The lowest BCUT2D eigenvalue weighted by atomic mass is 9.94. The van der Waals surface area contributed by atoms with Crippen molar-refractivity contribution in [1.29, 1.82) is 0 Å². The Kier molecular flexibility index (Phi) is 4.79. The van der Waals surface area contributed by atoms with Gasteiger partial charge in [-0.3, -0.25) is 0 Å². The molecule has 2 aromatic heterocycles. The Bertz CT molecular complexity index is 813. The van der Waals surface area contributed by atoms with Gasteiger partial charge in [-0.2, -0.15) is 0 Å². The highest BCUT2D eigenvalue weighted by Crippen LogP contribution is 2.28. The first-order valence-corrected chi connectivity index (χ1v) is 8.27. The number of nitrogens with zero attached hydrogens (tertiary/aromatic N) is 3. The Morgan fingerprint density at radius 1 is 1.12 bits per heavy atom. The van der Waals surface area contributed by atoms with Gasteiger partial charge in [0.1, 0.15) is 29.7 Å². The van der Waals surface area contributed by atoms with Crippen LogP contribution >= 0.6 is 0 Å². The third-order valence-corrected chi connectivity index (χ3v) is 3.80. The minimum Gasteiger partial charge on any atom is -0.492 e. The molecule has 25 heavy (non-hydrogen) atoms. The summed E-state index contributed by atoms with van der Waals surface area (Å²) < 4.78 is 18.8. The van der Waals surface area contributed by atoms with E-state index in [0.717, 1.165) is 23.9 Å². The Hall–Kier alpha value is -2.76. The number of rotatable bonds is 6. The number of imidazole rings is 1. The van der Waals surface area contributed by atoms with Crippen molar-refractivity contribution in [3.05, 3.63) is 54.3 Å². The molecule has 3 aromatic rings. The van der Waals surface area contributed by atoms with E-state index in [-0.39, 0.29) is 5.41 Å². The molecule has 6 heteroatoms. The van der Waals surface area contributed by atoms with Crippen LogP contribution in [0.2, 0.25) is 0 Å². The topological polar surface area (TPSA) is 62.3 Å². The van der Waals surface area contributed by atoms with E-state index in [9.17, 15) is 0 Å². The number of hydrogen-bond donors (Lipinski definition) is 0. The fourth-order valence-electron chi connectivity index (χ4n) is 2.29. The van der Waals surface area contributed by atoms with Gasteiger partial charge < -0.3 is 18.6 Å². The van der Waals surface area contributed by atoms with Crippen molar-refractivity contribution in [2.24, 2.45) is 0 Å². The van der Waals surface area contributed by atoms with Gasteiger partial charge in [-0.05, 0) is 36.3 Å². The molecule has 0 aliphatic rings. The lowest BCUT2D eigenvalue weighted by Crippen LogP contribution is -2.09. The quantitative estimate of drug-likeness (QED) is 0.667. The zero-order valence-corrected chi connectivity index (χ0v) is 15.0. The van der Waals surface area contributed by atoms with Crippen molar-refractivity contribution in [1.82, 2.24) is 14.7 Å². The van der Waals surface area contributed by atoms with Crippen LogP contribution in [0.25, 0.3) is 0 Å². The molecular weight excluding hydrogens is 318 g/mol. The van der Waals surface area contributed by atoms with Crippen molar-refractivity contribution >= 4 is 0 Å². The maximum atomic E-state index is 5.75. The molecule has 2 heterocycles. The average molecular weight is 341 g/mol. The van der Waals surface area contributed by atoms with E-state index in [1.807, 2.05) is 43.5 Å². The normalized spacial score (nSPS) is 11.5. The second-order valence-electron chi connectivity index (χ2n) is 6.87. The molecule has 0 N–H and O–H groups in total. The summed E-state index contributed by atoms with van der Waals surface area (Å²) in [5.41, 5.74) is -0.0973. The van der Waals surface area contributed by atoms with Crippen LogP contribution in [0.15, 0.2) is 47.2 Å². The summed E-state index contributed by atoms with van der Waals surface area (Å²) in [4.78, 5) is 4.19. The standard InChI is InChI=1S/C19H23N3O3/c1-14-20-9-10-22(14)11-12-23-15-5-7-16(8-6-15)24-18-13-17(25-21-18)19(2,3)4/h5-10,13H,11-12H2,1-4H3. The Labute approximate surface area is 147 Å². The van der Waals surface area contributed by atoms with Crippen molar-refractivity contribution in [3.8, 4) is 17.4 Å². The predicted octanol–water partition coefficient (Wildman–Crippen LogP) is 4.35. The van der Waals surface area contributed by atoms with Gasteiger partial charge in [0.05, 0.1) is 6.54 Å². The zero-order chi connectivity index (χ0) is 17.9. The molecule has 0 saturated heterocycles. The van der Waals surface area contributed by atoms with Crippen molar-refractivity contribution < 1.29 is 14.0 Å². The fraction of sp³-hybridized carbons (Fsp3) is 0.368. The molecule has 1 aromatic carbocycles. The third kappa shape index (κ3) is 4.41. The molecule has 0 radical (unpaired) electrons. The fourth-order valence-corrected chi connectivity index (χ4v) is 2.29. The smallest absolute Gasteiger partial charge is 0.259 e. The molecule has 0 fully saturated rings. The number of aromatic nitrogens is 3. The van der Waals surface area contributed by atoms with Crippen LogP contribution in [0.4, 0.5) is 0 Å². The second kappa shape index (κ2) is 7.01. The first-order chi connectivity index (χ1) is 11.9. The molecule has 0 atom stereocenters. The van der Waals surface area contributed by atoms with Crippen LogP contribution in [0, 0.1) is 6.92 Å². The van der Waals surface area contributed by atoms with E-state index in [0.29, 0.717) is 18.2 Å². The van der Waals surface area contributed by atoms with Crippen molar-refractivity contribution in [2.45, 2.75) is 39.7 Å². The number of hydrogen-bond acceptors (Lipinski definition) is 5. The van der Waals surface area contributed by atoms with E-state index >= 15 is 0 Å². The van der Waals surface area contributed by atoms with Crippen LogP contribution in [0.1, 0.15) is 32.4 Å². The molecule has 3 rings (SSSR count). The molecule has 0 aliphatic heterocycles. The molecule has 0 spiro atoms. The summed E-state index contributed by atoms with van der Waals surface area (Å²) in [6, 6.07) is 9.27. The van der Waals surface area contributed by atoms with Crippen molar-refractivity contribution in [3.63, 3.8) is 0 Å². The first kappa shape index (κ1) is 17.1. The summed E-state index contributed by atoms with van der Waals surface area (Å²) in [6.45, 7) is 9.51. The summed E-state index contributed by atoms with van der Waals surface area (Å²) in [5.74, 6) is 3.70. The van der Waals surface area contributed by atoms with Gasteiger partial charge in [-0.25, -0.2) is 4.98 Å². The Morgan fingerprint density at radius 2 is 1.84 bits per heavy atom. The highest BCUT2D eigenvalue weighted by Gasteiger charge is 2.20. The predicted molar refractivity (Wildman–Crippen MR) is 94.2 cm³/mol. The highest BCUT2D eigenvalue weighted by molar-refractivity contribution is 5.33. The minimum absolute atomic E-state index is 0.0973. The van der Waals surface area contributed by atoms with Gasteiger partial charge >= 0.3 is 0 Å². The molecular formula is C19H23N3O3. The van der Waals surface area contributed by atoms with Gasteiger partial charge in [0.2, 0.25) is 0 Å². The molecule has 0 bridgehead atoms. The second-order valence-corrected chi connectivity index (χ2v) is 6.87. The number of aryl methyl sites for hydroxylation is 1. The number of benzene rings is 1. The summed E-state index contributed by atoms with van der Waals surface area (Å²) in [7, 11) is 0. The number of ether oxygens (including phenoxy) is 2. The van der Waals surface area contributed by atoms with Gasteiger partial charge in [-0.15, -0.1) is 0 Å². The Balaban J connectivity index is 1.53. The minimum atomic E-state index is -0.0973. The lowest BCUT2D eigenvalue weighted by Gasteiger charge is -2.11. The molecule has 0 unspecified atom stereocenters. The van der Waals surface area contributed by atoms with Crippen LogP contribution in [-0.4, -0.2) is 21.3 Å². The van der Waals surface area contributed by atoms with Gasteiger partial charge in [0.25, 0.3) is 5.88 Å². The van der Waals surface area contributed by atoms with E-state index < -0.39 is 0 Å². The van der Waals surface area contributed by atoms with E-state index in [2.05, 4.69) is 35.5 Å². The molecule has 0 amide bonds. The van der Waals surface area contributed by atoms with E-state index in [1.54, 1.807) is 6.20 Å². The lowest BCUT2D eigenvalue weighted by molar-refractivity contribution is 0.296. The molecule has 0 aliphatic carbocycles. The molecule has 0 saturated carbocycles. The van der Waals surface area contributed by atoms with Crippen LogP contribution in [0.5, 0.6) is 17.4 Å². The summed E-state index contributed by atoms with van der Waals surface area (Å²) in [5, 5.41) is 3.95. The van der Waals surface area contributed by atoms with Gasteiger partial charge in [-0.1, -0.05) is 20.8 Å². The maximum absolute atomic E-state index is 5.75. The SMILES string of the molecule is Cc1nccn1CCOc1ccc(Oc2cc(C(C)(C)C)on2)cc1. The van der Waals surface area contributed by atoms with Gasteiger partial charge in [0.15, 0.2) is 0 Å². The van der Waals surface area contributed by atoms with E-state index in [1.165, 1.54) is 0 Å². The molecule has 6 nitrogen and oxygen atoms in total. The average Bonchev–Trinajstić information content (AvgIpc) is 3.18. The molecule has 132 valence electrons. The summed E-state index contributed by atoms with van der Waals surface area (Å²) in [6.07, 6.45) is 3.73. The van der Waals surface area contributed by atoms with Crippen LogP contribution < -0.4 is 9.47 Å².